The molecule has 0 bridgehead atoms. The maximum Gasteiger partial charge on any atom is 0.308 e. The van der Waals surface area contributed by atoms with Gasteiger partial charge in [-0.25, -0.2) is 0 Å². The zero-order chi connectivity index (χ0) is 19.4. The number of piperidine rings is 1. The van der Waals surface area contributed by atoms with Crippen LogP contribution in [0.25, 0.3) is 0 Å². The minimum atomic E-state index is -0.916. The number of carbonyl (C=O) groups excluding carboxylic acids is 2. The molecule has 3 N–H and O–H groups in total. The number of carboxylic acid groups (broad SMARTS) is 1. The summed E-state index contributed by atoms with van der Waals surface area (Å²) >= 11 is 6.17. The zero-order valence-corrected chi connectivity index (χ0v) is 15.3. The molecule has 1 aliphatic heterocycles. The summed E-state index contributed by atoms with van der Waals surface area (Å²) in [5.74, 6) is -2.23. The van der Waals surface area contributed by atoms with Crippen molar-refractivity contribution in [2.24, 2.45) is 11.7 Å². The molecule has 2 atom stereocenters. The predicted octanol–water partition coefficient (Wildman–Crippen LogP) is 1.54. The molecule has 1 aromatic rings. The van der Waals surface area contributed by atoms with Gasteiger partial charge in [-0.2, -0.15) is 0 Å². The minimum Gasteiger partial charge on any atom is -0.493 e. The maximum atomic E-state index is 12.9. The van der Waals surface area contributed by atoms with Gasteiger partial charge in [-0.3, -0.25) is 14.4 Å². The summed E-state index contributed by atoms with van der Waals surface area (Å²) < 4.78 is 10.4. The third-order valence-corrected chi connectivity index (χ3v) is 4.61. The Morgan fingerprint density at radius 3 is 2.62 bits per heavy atom. The van der Waals surface area contributed by atoms with Crippen LogP contribution in [0.3, 0.4) is 0 Å². The molecule has 0 radical (unpaired) electrons. The van der Waals surface area contributed by atoms with Crippen molar-refractivity contribution in [2.45, 2.75) is 25.8 Å². The number of benzene rings is 1. The number of hydrogen-bond donors (Lipinski definition) is 2. The second-order valence-electron chi connectivity index (χ2n) is 6.16. The number of carbonyl (C=O) groups is 3. The van der Waals surface area contributed by atoms with E-state index in [9.17, 15) is 19.5 Å². The average Bonchev–Trinajstić information content (AvgIpc) is 2.59. The lowest BCUT2D eigenvalue weighted by Gasteiger charge is -2.36. The van der Waals surface area contributed by atoms with Crippen LogP contribution in [-0.4, -0.2) is 54.1 Å². The van der Waals surface area contributed by atoms with Crippen molar-refractivity contribution < 1.29 is 29.0 Å². The van der Waals surface area contributed by atoms with Gasteiger partial charge in [-0.1, -0.05) is 11.6 Å². The largest absolute Gasteiger partial charge is 0.493 e. The van der Waals surface area contributed by atoms with Gasteiger partial charge in [0.2, 0.25) is 0 Å². The molecule has 2 rings (SSSR count). The first-order valence-corrected chi connectivity index (χ1v) is 8.44. The van der Waals surface area contributed by atoms with Crippen LogP contribution in [0, 0.1) is 5.92 Å². The highest BCUT2D eigenvalue weighted by molar-refractivity contribution is 6.32. The van der Waals surface area contributed by atoms with Gasteiger partial charge in [0.05, 0.1) is 18.1 Å². The van der Waals surface area contributed by atoms with Crippen molar-refractivity contribution in [3.05, 3.63) is 22.7 Å². The van der Waals surface area contributed by atoms with Gasteiger partial charge in [0.25, 0.3) is 11.8 Å². The summed E-state index contributed by atoms with van der Waals surface area (Å²) in [7, 11) is 1.38. The molecule has 0 aromatic heterocycles. The predicted molar refractivity (Wildman–Crippen MR) is 93.6 cm³/mol. The van der Waals surface area contributed by atoms with Crippen LogP contribution in [0.5, 0.6) is 11.5 Å². The maximum absolute atomic E-state index is 12.9. The van der Waals surface area contributed by atoms with E-state index in [1.807, 2.05) is 6.92 Å². The first-order valence-electron chi connectivity index (χ1n) is 8.07. The van der Waals surface area contributed by atoms with Crippen LogP contribution >= 0.6 is 11.6 Å². The zero-order valence-electron chi connectivity index (χ0n) is 14.5. The molecule has 9 heteroatoms. The molecular formula is C17H21ClN2O6. The topological polar surface area (TPSA) is 119 Å². The first-order chi connectivity index (χ1) is 12.2. The molecular weight excluding hydrogens is 364 g/mol. The van der Waals surface area contributed by atoms with E-state index in [0.29, 0.717) is 12.8 Å². The fourth-order valence-corrected chi connectivity index (χ4v) is 3.15. The Bertz CT molecular complexity index is 723. The number of likely N-dealkylation sites (tertiary alicyclic amines) is 1. The highest BCUT2D eigenvalue weighted by Crippen LogP contribution is 2.37. The second-order valence-corrected chi connectivity index (χ2v) is 6.57. The Hall–Kier alpha value is -2.48. The number of hydrogen-bond acceptors (Lipinski definition) is 5. The van der Waals surface area contributed by atoms with E-state index in [1.165, 1.54) is 24.1 Å². The molecule has 8 nitrogen and oxygen atoms in total. The molecule has 0 aliphatic carbocycles. The second kappa shape index (κ2) is 8.27. The molecule has 0 saturated carbocycles. The Kier molecular flexibility index (Phi) is 6.31. The van der Waals surface area contributed by atoms with Crippen molar-refractivity contribution in [1.29, 1.82) is 0 Å². The molecule has 142 valence electrons. The third kappa shape index (κ3) is 4.37. The van der Waals surface area contributed by atoms with E-state index in [1.54, 1.807) is 0 Å². The third-order valence-electron chi connectivity index (χ3n) is 4.33. The smallest absolute Gasteiger partial charge is 0.308 e. The number of halogens is 1. The number of methoxy groups -OCH3 is 1. The lowest BCUT2D eigenvalue weighted by atomic mass is 9.93. The highest BCUT2D eigenvalue weighted by Gasteiger charge is 2.33. The molecule has 1 saturated heterocycles. The monoisotopic (exact) mass is 384 g/mol. The lowest BCUT2D eigenvalue weighted by molar-refractivity contribution is -0.143. The van der Waals surface area contributed by atoms with Crippen molar-refractivity contribution in [3.63, 3.8) is 0 Å². The van der Waals surface area contributed by atoms with Gasteiger partial charge in [0.15, 0.2) is 18.1 Å². The molecule has 2 unspecified atom stereocenters. The van der Waals surface area contributed by atoms with Crippen molar-refractivity contribution in [1.82, 2.24) is 4.90 Å². The number of nitrogens with two attached hydrogens (primary N) is 1. The standard InChI is InChI=1S/C17H21ClN2O6/c1-9-3-4-10(17(23)24)7-20(9)16(22)11-5-12(18)15(13(6-11)25-2)26-8-14(19)21/h5-6,9-10H,3-4,7-8H2,1-2H3,(H2,19,21)(H,23,24). The molecule has 2 amide bonds. The molecule has 26 heavy (non-hydrogen) atoms. The molecule has 1 heterocycles. The van der Waals surface area contributed by atoms with Gasteiger partial charge in [-0.15, -0.1) is 0 Å². The van der Waals surface area contributed by atoms with E-state index in [4.69, 9.17) is 26.8 Å². The van der Waals surface area contributed by atoms with E-state index in [0.717, 1.165) is 0 Å². The number of carboxylic acids is 1. The van der Waals surface area contributed by atoms with Gasteiger partial charge in [0, 0.05) is 18.2 Å². The van der Waals surface area contributed by atoms with Crippen molar-refractivity contribution >= 4 is 29.4 Å². The summed E-state index contributed by atoms with van der Waals surface area (Å²) in [5.41, 5.74) is 5.30. The Balaban J connectivity index is 2.29. The van der Waals surface area contributed by atoms with Crippen molar-refractivity contribution in [2.75, 3.05) is 20.3 Å². The summed E-state index contributed by atoms with van der Waals surface area (Å²) in [4.78, 5) is 36.6. The molecule has 1 aromatic carbocycles. The number of ether oxygens (including phenoxy) is 2. The van der Waals surface area contributed by atoms with Gasteiger partial charge < -0.3 is 25.2 Å². The van der Waals surface area contributed by atoms with Gasteiger partial charge >= 0.3 is 5.97 Å². The quantitative estimate of drug-likeness (QED) is 0.767. The summed E-state index contributed by atoms with van der Waals surface area (Å²) in [5, 5.41) is 9.32. The van der Waals surface area contributed by atoms with Crippen LogP contribution in [0.2, 0.25) is 5.02 Å². The lowest BCUT2D eigenvalue weighted by Crippen LogP contribution is -2.47. The van der Waals surface area contributed by atoms with E-state index < -0.39 is 17.8 Å². The minimum absolute atomic E-state index is 0.0892. The first kappa shape index (κ1) is 19.8. The SMILES string of the molecule is COc1cc(C(=O)N2CC(C(=O)O)CCC2C)cc(Cl)c1OCC(N)=O. The summed E-state index contributed by atoms with van der Waals surface area (Å²) in [6.07, 6.45) is 1.14. The summed E-state index contributed by atoms with van der Waals surface area (Å²) in [6, 6.07) is 2.76. The number of primary amides is 1. The molecule has 0 spiro atoms. The van der Waals surface area contributed by atoms with Crippen LogP contribution in [-0.2, 0) is 9.59 Å². The fraction of sp³-hybridized carbons (Fsp3) is 0.471. The van der Waals surface area contributed by atoms with E-state index in [2.05, 4.69) is 0 Å². The Morgan fingerprint density at radius 1 is 1.35 bits per heavy atom. The normalized spacial score (nSPS) is 19.7. The van der Waals surface area contributed by atoms with Crippen LogP contribution in [0.1, 0.15) is 30.1 Å². The van der Waals surface area contributed by atoms with Crippen LogP contribution in [0.15, 0.2) is 12.1 Å². The number of amides is 2. The van der Waals surface area contributed by atoms with Crippen LogP contribution < -0.4 is 15.2 Å². The van der Waals surface area contributed by atoms with Crippen LogP contribution in [0.4, 0.5) is 0 Å². The number of aliphatic carboxylic acids is 1. The average molecular weight is 385 g/mol. The number of nitrogens with zero attached hydrogens (tertiary/aromatic N) is 1. The van der Waals surface area contributed by atoms with E-state index in [-0.39, 0.29) is 47.2 Å². The highest BCUT2D eigenvalue weighted by atomic mass is 35.5. The summed E-state index contributed by atoms with van der Waals surface area (Å²) in [6.45, 7) is 1.63. The van der Waals surface area contributed by atoms with Gasteiger partial charge in [-0.05, 0) is 31.9 Å². The molecule has 1 aliphatic rings. The Labute approximate surface area is 155 Å². The number of rotatable bonds is 6. The van der Waals surface area contributed by atoms with Gasteiger partial charge in [0.1, 0.15) is 0 Å². The Morgan fingerprint density at radius 2 is 2.04 bits per heavy atom. The fourth-order valence-electron chi connectivity index (χ4n) is 2.88. The van der Waals surface area contributed by atoms with E-state index >= 15 is 0 Å². The molecule has 1 fully saturated rings. The van der Waals surface area contributed by atoms with Crippen molar-refractivity contribution in [3.8, 4) is 11.5 Å².